The number of hydrogen-bond donors (Lipinski definition) is 0. The van der Waals surface area contributed by atoms with Crippen LogP contribution in [0.5, 0.6) is 0 Å². The van der Waals surface area contributed by atoms with Gasteiger partial charge in [-0.3, -0.25) is 4.98 Å². The predicted octanol–water partition coefficient (Wildman–Crippen LogP) is 2.01. The minimum Gasteiger partial charge on any atom is -0.356 e. The standard InChI is InChI=1S/C12H21NO2Si/c1-14-12(15-2)8-10-16(3,4)11-7-5-6-9-13-11/h5-7,9,12H,8,10H2,1-4H3. The van der Waals surface area contributed by atoms with E-state index in [9.17, 15) is 0 Å². The first kappa shape index (κ1) is 13.4. The number of nitrogens with zero attached hydrogens (tertiary/aromatic N) is 1. The van der Waals surface area contributed by atoms with Crippen molar-refractivity contribution >= 4 is 13.4 Å². The van der Waals surface area contributed by atoms with Crippen molar-refractivity contribution < 1.29 is 9.47 Å². The molecule has 0 aliphatic carbocycles. The molecule has 0 saturated heterocycles. The molecule has 1 heterocycles. The molecule has 3 nitrogen and oxygen atoms in total. The highest BCUT2D eigenvalue weighted by Crippen LogP contribution is 2.14. The molecule has 0 aliphatic rings. The predicted molar refractivity (Wildman–Crippen MR) is 68.6 cm³/mol. The lowest BCUT2D eigenvalue weighted by molar-refractivity contribution is -0.103. The monoisotopic (exact) mass is 239 g/mol. The summed E-state index contributed by atoms with van der Waals surface area (Å²) in [5.41, 5.74) is 0. The van der Waals surface area contributed by atoms with Gasteiger partial charge in [0.25, 0.3) is 0 Å². The van der Waals surface area contributed by atoms with Crippen molar-refractivity contribution in [2.45, 2.75) is 31.8 Å². The Hall–Kier alpha value is -0.713. The fourth-order valence-corrected chi connectivity index (χ4v) is 3.89. The van der Waals surface area contributed by atoms with Gasteiger partial charge in [0, 0.05) is 25.7 Å². The van der Waals surface area contributed by atoms with Crippen LogP contribution in [0.25, 0.3) is 0 Å². The molecule has 0 spiro atoms. The van der Waals surface area contributed by atoms with E-state index < -0.39 is 8.07 Å². The van der Waals surface area contributed by atoms with Crippen LogP contribution in [0.2, 0.25) is 19.1 Å². The Balaban J connectivity index is 2.58. The summed E-state index contributed by atoms with van der Waals surface area (Å²) in [6.45, 7) is 4.66. The average molecular weight is 239 g/mol. The Morgan fingerprint density at radius 3 is 2.44 bits per heavy atom. The van der Waals surface area contributed by atoms with Gasteiger partial charge in [-0.15, -0.1) is 0 Å². The Labute approximate surface area is 98.8 Å². The maximum atomic E-state index is 5.21. The molecule has 16 heavy (non-hydrogen) atoms. The third-order valence-corrected chi connectivity index (χ3v) is 6.11. The van der Waals surface area contributed by atoms with Crippen molar-refractivity contribution in [3.05, 3.63) is 24.4 Å². The molecule has 0 aromatic carbocycles. The molecule has 4 heteroatoms. The Kier molecular flexibility index (Phi) is 5.11. The maximum Gasteiger partial charge on any atom is 0.156 e. The Morgan fingerprint density at radius 2 is 1.94 bits per heavy atom. The molecule has 0 N–H and O–H groups in total. The van der Waals surface area contributed by atoms with Crippen molar-refractivity contribution in [3.8, 4) is 0 Å². The summed E-state index contributed by atoms with van der Waals surface area (Å²) in [6.07, 6.45) is 2.72. The maximum absolute atomic E-state index is 5.21. The van der Waals surface area contributed by atoms with Gasteiger partial charge in [0.05, 0.1) is 0 Å². The SMILES string of the molecule is COC(CC[Si](C)(C)c1ccccn1)OC. The molecule has 0 amide bonds. The highest BCUT2D eigenvalue weighted by Gasteiger charge is 2.25. The van der Waals surface area contributed by atoms with Crippen LogP contribution in [0.4, 0.5) is 0 Å². The fourth-order valence-electron chi connectivity index (χ4n) is 1.70. The number of hydrogen-bond acceptors (Lipinski definition) is 3. The normalized spacial score (nSPS) is 12.1. The Morgan fingerprint density at radius 1 is 1.25 bits per heavy atom. The first-order valence-electron chi connectivity index (χ1n) is 5.57. The van der Waals surface area contributed by atoms with Crippen LogP contribution >= 0.6 is 0 Å². The van der Waals surface area contributed by atoms with Crippen LogP contribution in [0, 0.1) is 0 Å². The molecule has 0 fully saturated rings. The molecule has 0 saturated carbocycles. The second-order valence-corrected chi connectivity index (χ2v) is 9.32. The molecule has 1 rings (SSSR count). The number of pyridine rings is 1. The van der Waals surface area contributed by atoms with E-state index in [1.165, 1.54) is 5.32 Å². The van der Waals surface area contributed by atoms with Gasteiger partial charge >= 0.3 is 0 Å². The van der Waals surface area contributed by atoms with Gasteiger partial charge in [0.2, 0.25) is 0 Å². The Bertz CT molecular complexity index is 299. The van der Waals surface area contributed by atoms with E-state index in [1.54, 1.807) is 14.2 Å². The van der Waals surface area contributed by atoms with Crippen LogP contribution < -0.4 is 5.32 Å². The minimum absolute atomic E-state index is 0.0875. The van der Waals surface area contributed by atoms with Crippen LogP contribution in [0.15, 0.2) is 24.4 Å². The van der Waals surface area contributed by atoms with Gasteiger partial charge in [-0.05, 0) is 24.6 Å². The zero-order valence-corrected chi connectivity index (χ0v) is 11.6. The van der Waals surface area contributed by atoms with Crippen LogP contribution in [-0.2, 0) is 9.47 Å². The quantitative estimate of drug-likeness (QED) is 0.562. The lowest BCUT2D eigenvalue weighted by atomic mass is 10.5. The first-order valence-corrected chi connectivity index (χ1v) is 8.78. The highest BCUT2D eigenvalue weighted by atomic mass is 28.3. The molecule has 0 unspecified atom stereocenters. The summed E-state index contributed by atoms with van der Waals surface area (Å²) in [4.78, 5) is 4.46. The first-order chi connectivity index (χ1) is 7.60. The molecule has 1 aromatic heterocycles. The molecule has 90 valence electrons. The van der Waals surface area contributed by atoms with Crippen LogP contribution in [0.1, 0.15) is 6.42 Å². The number of ether oxygens (including phenoxy) is 2. The van der Waals surface area contributed by atoms with Gasteiger partial charge < -0.3 is 9.47 Å². The molecule has 1 aromatic rings. The van der Waals surface area contributed by atoms with Gasteiger partial charge in [-0.1, -0.05) is 19.2 Å². The van der Waals surface area contributed by atoms with Crippen molar-refractivity contribution in [2.75, 3.05) is 14.2 Å². The summed E-state index contributed by atoms with van der Waals surface area (Å²) < 4.78 is 10.4. The van der Waals surface area contributed by atoms with E-state index in [4.69, 9.17) is 9.47 Å². The van der Waals surface area contributed by atoms with Gasteiger partial charge in [-0.25, -0.2) is 0 Å². The summed E-state index contributed by atoms with van der Waals surface area (Å²) >= 11 is 0. The van der Waals surface area contributed by atoms with E-state index in [2.05, 4.69) is 30.2 Å². The van der Waals surface area contributed by atoms with E-state index in [1.807, 2.05) is 12.3 Å². The number of methoxy groups -OCH3 is 2. The lowest BCUT2D eigenvalue weighted by Crippen LogP contribution is -2.43. The number of aromatic nitrogens is 1. The van der Waals surface area contributed by atoms with E-state index in [0.717, 1.165) is 12.5 Å². The van der Waals surface area contributed by atoms with Gasteiger partial charge in [0.1, 0.15) is 8.07 Å². The minimum atomic E-state index is -1.45. The van der Waals surface area contributed by atoms with Crippen LogP contribution in [-0.4, -0.2) is 33.6 Å². The largest absolute Gasteiger partial charge is 0.356 e. The summed E-state index contributed by atoms with van der Waals surface area (Å²) in [5, 5.41) is 1.25. The van der Waals surface area contributed by atoms with Crippen molar-refractivity contribution in [1.29, 1.82) is 0 Å². The van der Waals surface area contributed by atoms with Gasteiger partial charge in [-0.2, -0.15) is 0 Å². The fraction of sp³-hybridized carbons (Fsp3) is 0.583. The van der Waals surface area contributed by atoms with Gasteiger partial charge in [0.15, 0.2) is 6.29 Å². The topological polar surface area (TPSA) is 31.4 Å². The van der Waals surface area contributed by atoms with E-state index in [0.29, 0.717) is 0 Å². The molecule has 0 radical (unpaired) electrons. The third-order valence-electron chi connectivity index (χ3n) is 2.89. The van der Waals surface area contributed by atoms with Crippen LogP contribution in [0.3, 0.4) is 0 Å². The second kappa shape index (κ2) is 6.13. The molecular weight excluding hydrogens is 218 g/mol. The summed E-state index contributed by atoms with van der Waals surface area (Å²) in [7, 11) is 1.92. The third kappa shape index (κ3) is 3.70. The summed E-state index contributed by atoms with van der Waals surface area (Å²) in [5.74, 6) is 0. The molecule has 0 aliphatic heterocycles. The van der Waals surface area contributed by atoms with Crippen molar-refractivity contribution in [2.24, 2.45) is 0 Å². The summed E-state index contributed by atoms with van der Waals surface area (Å²) in [6, 6.07) is 7.26. The van der Waals surface area contributed by atoms with E-state index >= 15 is 0 Å². The smallest absolute Gasteiger partial charge is 0.156 e. The lowest BCUT2D eigenvalue weighted by Gasteiger charge is -2.23. The molecule has 0 atom stereocenters. The zero-order valence-electron chi connectivity index (χ0n) is 10.6. The molecular formula is C12H21NO2Si. The molecule has 0 bridgehead atoms. The van der Waals surface area contributed by atoms with E-state index in [-0.39, 0.29) is 6.29 Å². The van der Waals surface area contributed by atoms with Crippen molar-refractivity contribution in [3.63, 3.8) is 0 Å². The number of rotatable bonds is 6. The highest BCUT2D eigenvalue weighted by molar-refractivity contribution is 6.89. The second-order valence-electron chi connectivity index (χ2n) is 4.54. The van der Waals surface area contributed by atoms with Crippen molar-refractivity contribution in [1.82, 2.24) is 4.98 Å². The zero-order chi connectivity index (χ0) is 12.0. The average Bonchev–Trinajstić information content (AvgIpc) is 2.31.